The average molecular weight is 730 g/mol. The highest BCUT2D eigenvalue weighted by Gasteiger charge is 2.24. The van der Waals surface area contributed by atoms with E-state index < -0.39 is 13.9 Å². The number of allylic oxidation sites excluding steroid dienone is 3. The summed E-state index contributed by atoms with van der Waals surface area (Å²) < 4.78 is 33.2. The van der Waals surface area contributed by atoms with Crippen LogP contribution < -0.4 is 5.73 Å². The summed E-state index contributed by atoms with van der Waals surface area (Å²) in [7, 11) is -4.26. The second-order valence-electron chi connectivity index (χ2n) is 13.9. The number of phosphoric ester groups is 1. The lowest BCUT2D eigenvalue weighted by molar-refractivity contribution is -0.147. The van der Waals surface area contributed by atoms with E-state index in [1.807, 2.05) is 6.08 Å². The Labute approximate surface area is 308 Å². The van der Waals surface area contributed by atoms with Gasteiger partial charge in [0.05, 0.1) is 19.5 Å². The van der Waals surface area contributed by atoms with Gasteiger partial charge in [0, 0.05) is 13.0 Å². The van der Waals surface area contributed by atoms with Gasteiger partial charge < -0.3 is 20.1 Å². The monoisotopic (exact) mass is 730 g/mol. The van der Waals surface area contributed by atoms with Gasteiger partial charge in [-0.3, -0.25) is 13.8 Å². The Morgan fingerprint density at radius 1 is 0.600 bits per heavy atom. The van der Waals surface area contributed by atoms with E-state index in [1.165, 1.54) is 141 Å². The number of phosphoric acid groups is 1. The zero-order valence-corrected chi connectivity index (χ0v) is 33.5. The van der Waals surface area contributed by atoms with Gasteiger partial charge in [0.1, 0.15) is 6.61 Å². The van der Waals surface area contributed by atoms with Gasteiger partial charge in [0.15, 0.2) is 6.10 Å². The predicted octanol–water partition coefficient (Wildman–Crippen LogP) is 12.4. The minimum Gasteiger partial charge on any atom is -0.492 e. The summed E-state index contributed by atoms with van der Waals surface area (Å²) >= 11 is 0. The van der Waals surface area contributed by atoms with Crippen LogP contribution in [0.5, 0.6) is 0 Å². The van der Waals surface area contributed by atoms with E-state index in [1.54, 1.807) is 6.26 Å². The maximum absolute atomic E-state index is 12.4. The molecule has 0 spiro atoms. The van der Waals surface area contributed by atoms with Gasteiger partial charge in [-0.15, -0.1) is 0 Å². The van der Waals surface area contributed by atoms with Crippen LogP contribution in [0.25, 0.3) is 0 Å². The summed E-state index contributed by atoms with van der Waals surface area (Å²) in [5.41, 5.74) is 5.36. The molecule has 0 aromatic heterocycles. The molecule has 9 heteroatoms. The summed E-state index contributed by atoms with van der Waals surface area (Å²) in [5.74, 6) is -0.297. The standard InChI is InChI=1S/C41H80NO7P/c1-3-5-7-9-11-13-15-17-19-21-23-25-27-29-31-33-36-46-40(39-49-50(44,45)48-37-35-42)38-47-41(43)34-32-30-28-26-24-22-20-18-16-14-12-10-8-6-4-2/h18,20,33,36,40H,3-17,19,21-32,34-35,37-39,42H2,1-2H3,(H,44,45)/b20-18-,36-33-/t40-/m1/s1. The molecule has 0 rings (SSSR count). The third-order valence-corrected chi connectivity index (χ3v) is 9.94. The maximum Gasteiger partial charge on any atom is 0.472 e. The number of ether oxygens (including phenoxy) is 2. The third-order valence-electron chi connectivity index (χ3n) is 8.96. The Balaban J connectivity index is 4.09. The number of nitrogens with two attached hydrogens (primary N) is 1. The maximum atomic E-state index is 12.4. The first-order chi connectivity index (χ1) is 24.4. The van der Waals surface area contributed by atoms with Crippen LogP contribution in [0.3, 0.4) is 0 Å². The molecule has 0 aliphatic carbocycles. The van der Waals surface area contributed by atoms with Crippen molar-refractivity contribution in [3.63, 3.8) is 0 Å². The summed E-state index contributed by atoms with van der Waals surface area (Å²) in [6, 6.07) is 0. The molecule has 0 radical (unpaired) electrons. The Kier molecular flexibility index (Phi) is 38.1. The van der Waals surface area contributed by atoms with E-state index in [0.717, 1.165) is 38.5 Å². The second-order valence-corrected chi connectivity index (χ2v) is 15.4. The summed E-state index contributed by atoms with van der Waals surface area (Å²) in [6.07, 6.45) is 42.9. The van der Waals surface area contributed by atoms with Crippen LogP contribution in [-0.2, 0) is 27.9 Å². The first-order valence-corrected chi connectivity index (χ1v) is 22.4. The molecule has 0 aliphatic rings. The smallest absolute Gasteiger partial charge is 0.472 e. The van der Waals surface area contributed by atoms with Crippen LogP contribution in [-0.4, -0.2) is 43.3 Å². The Morgan fingerprint density at radius 3 is 1.48 bits per heavy atom. The van der Waals surface area contributed by atoms with E-state index in [9.17, 15) is 14.3 Å². The second kappa shape index (κ2) is 39.0. The fourth-order valence-corrected chi connectivity index (χ4v) is 6.56. The molecule has 8 nitrogen and oxygen atoms in total. The molecular weight excluding hydrogens is 649 g/mol. The third kappa shape index (κ3) is 38.1. The van der Waals surface area contributed by atoms with Gasteiger partial charge in [0.25, 0.3) is 0 Å². The van der Waals surface area contributed by atoms with Gasteiger partial charge in [-0.05, 0) is 51.0 Å². The lowest BCUT2D eigenvalue weighted by Gasteiger charge is -2.19. The van der Waals surface area contributed by atoms with Crippen molar-refractivity contribution in [2.45, 2.75) is 206 Å². The first-order valence-electron chi connectivity index (χ1n) is 20.9. The number of rotatable bonds is 40. The minimum atomic E-state index is -4.26. The molecule has 0 bridgehead atoms. The average Bonchev–Trinajstić information content (AvgIpc) is 3.11. The molecule has 0 saturated heterocycles. The lowest BCUT2D eigenvalue weighted by Crippen LogP contribution is -2.25. The highest BCUT2D eigenvalue weighted by Crippen LogP contribution is 2.43. The summed E-state index contributed by atoms with van der Waals surface area (Å²) in [5, 5.41) is 0. The van der Waals surface area contributed by atoms with E-state index in [0.29, 0.717) is 6.42 Å². The van der Waals surface area contributed by atoms with E-state index >= 15 is 0 Å². The fourth-order valence-electron chi connectivity index (χ4n) is 5.80. The van der Waals surface area contributed by atoms with Gasteiger partial charge in [0.2, 0.25) is 0 Å². The van der Waals surface area contributed by atoms with E-state index in [4.69, 9.17) is 24.3 Å². The normalized spacial score (nSPS) is 13.7. The molecule has 1 unspecified atom stereocenters. The van der Waals surface area contributed by atoms with E-state index in [2.05, 4.69) is 26.0 Å². The largest absolute Gasteiger partial charge is 0.492 e. The zero-order chi connectivity index (χ0) is 36.6. The van der Waals surface area contributed by atoms with Crippen molar-refractivity contribution in [2.75, 3.05) is 26.4 Å². The molecule has 0 heterocycles. The first kappa shape index (κ1) is 48.8. The van der Waals surface area contributed by atoms with Crippen LogP contribution >= 0.6 is 7.82 Å². The molecular formula is C41H80NO7P. The number of esters is 1. The Bertz CT molecular complexity index is 823. The molecule has 0 aromatic rings. The molecule has 0 aromatic carbocycles. The Hall–Kier alpha value is -1.18. The number of carbonyl (C=O) groups is 1. The van der Waals surface area contributed by atoms with Gasteiger partial charge >= 0.3 is 13.8 Å². The van der Waals surface area contributed by atoms with Crippen LogP contribution in [0.15, 0.2) is 24.5 Å². The molecule has 296 valence electrons. The van der Waals surface area contributed by atoms with Crippen LogP contribution in [0, 0.1) is 0 Å². The van der Waals surface area contributed by atoms with Crippen molar-refractivity contribution in [1.29, 1.82) is 0 Å². The van der Waals surface area contributed by atoms with Crippen molar-refractivity contribution < 1.29 is 32.8 Å². The lowest BCUT2D eigenvalue weighted by atomic mass is 10.0. The molecule has 0 aliphatic heterocycles. The molecule has 50 heavy (non-hydrogen) atoms. The molecule has 2 atom stereocenters. The number of hydrogen-bond acceptors (Lipinski definition) is 7. The molecule has 3 N–H and O–H groups in total. The van der Waals surface area contributed by atoms with Crippen molar-refractivity contribution in [2.24, 2.45) is 5.73 Å². The van der Waals surface area contributed by atoms with Crippen LogP contribution in [0.1, 0.15) is 200 Å². The number of carbonyl (C=O) groups excluding carboxylic acids is 1. The molecule has 0 fully saturated rings. The minimum absolute atomic E-state index is 0.0655. The quantitative estimate of drug-likeness (QED) is 0.0210. The fraction of sp³-hybridized carbons (Fsp3) is 0.878. The van der Waals surface area contributed by atoms with E-state index in [-0.39, 0.29) is 32.3 Å². The van der Waals surface area contributed by atoms with Gasteiger partial charge in [-0.1, -0.05) is 161 Å². The van der Waals surface area contributed by atoms with Crippen molar-refractivity contribution in [1.82, 2.24) is 0 Å². The molecule has 0 amide bonds. The summed E-state index contributed by atoms with van der Waals surface area (Å²) in [6.45, 7) is 4.22. The van der Waals surface area contributed by atoms with Crippen molar-refractivity contribution >= 4 is 13.8 Å². The molecule has 0 saturated carbocycles. The number of hydrogen-bond donors (Lipinski definition) is 2. The van der Waals surface area contributed by atoms with Crippen molar-refractivity contribution in [3.05, 3.63) is 24.5 Å². The SMILES string of the molecule is CCCCCCCC/C=C\CCCCCCCC(=O)OC[C@H](COP(=O)(O)OCCN)O/C=C\CCCCCCCCCCCCCCCC. The number of unbranched alkanes of at least 4 members (excludes halogenated alkanes) is 25. The topological polar surface area (TPSA) is 117 Å². The van der Waals surface area contributed by atoms with Crippen LogP contribution in [0.2, 0.25) is 0 Å². The Morgan fingerprint density at radius 2 is 1.02 bits per heavy atom. The van der Waals surface area contributed by atoms with Crippen molar-refractivity contribution in [3.8, 4) is 0 Å². The zero-order valence-electron chi connectivity index (χ0n) is 32.6. The summed E-state index contributed by atoms with van der Waals surface area (Å²) in [4.78, 5) is 22.2. The highest BCUT2D eigenvalue weighted by molar-refractivity contribution is 7.47. The predicted molar refractivity (Wildman–Crippen MR) is 210 cm³/mol. The van der Waals surface area contributed by atoms with Gasteiger partial charge in [-0.2, -0.15) is 0 Å². The van der Waals surface area contributed by atoms with Crippen LogP contribution in [0.4, 0.5) is 0 Å². The van der Waals surface area contributed by atoms with Gasteiger partial charge in [-0.25, -0.2) is 4.57 Å². The highest BCUT2D eigenvalue weighted by atomic mass is 31.2.